The molecule has 5 heteroatoms. The van der Waals surface area contributed by atoms with Gasteiger partial charge in [-0.3, -0.25) is 0 Å². The van der Waals surface area contributed by atoms with Crippen LogP contribution in [0.3, 0.4) is 0 Å². The predicted octanol–water partition coefficient (Wildman–Crippen LogP) is 12.0. The number of furan rings is 2. The van der Waals surface area contributed by atoms with E-state index in [1.165, 1.54) is 16.8 Å². The fourth-order valence-electron chi connectivity index (χ4n) is 6.09. The van der Waals surface area contributed by atoms with Crippen LogP contribution in [0.25, 0.3) is 11.6 Å². The number of nitrogens with zero attached hydrogens (tertiary/aromatic N) is 1. The van der Waals surface area contributed by atoms with Gasteiger partial charge in [0.1, 0.15) is 36.2 Å². The highest BCUT2D eigenvalue weighted by molar-refractivity contribution is 5.92. The summed E-state index contributed by atoms with van der Waals surface area (Å²) in [7, 11) is 0. The smallest absolute Gasteiger partial charge is 0.146 e. The lowest BCUT2D eigenvalue weighted by atomic mass is 9.95. The van der Waals surface area contributed by atoms with Gasteiger partial charge < -0.3 is 23.2 Å². The Morgan fingerprint density at radius 3 is 1.66 bits per heavy atom. The lowest BCUT2D eigenvalue weighted by Gasteiger charge is -2.29. The molecule has 5 nitrogen and oxygen atoms in total. The van der Waals surface area contributed by atoms with Crippen LogP contribution in [0.5, 0.6) is 11.5 Å². The van der Waals surface area contributed by atoms with E-state index in [9.17, 15) is 0 Å². The number of hydrogen-bond acceptors (Lipinski definition) is 5. The zero-order valence-corrected chi connectivity index (χ0v) is 28.3. The van der Waals surface area contributed by atoms with E-state index in [-0.39, 0.29) is 0 Å². The molecule has 0 atom stereocenters. The van der Waals surface area contributed by atoms with Gasteiger partial charge in [0.15, 0.2) is 0 Å². The zero-order chi connectivity index (χ0) is 34.1. The predicted molar refractivity (Wildman–Crippen MR) is 201 cm³/mol. The van der Waals surface area contributed by atoms with E-state index in [0.29, 0.717) is 13.2 Å². The van der Waals surface area contributed by atoms with Gasteiger partial charge in [-0.05, 0) is 126 Å². The fraction of sp³-hybridized carbons (Fsp3) is 0.111. The summed E-state index contributed by atoms with van der Waals surface area (Å²) in [5, 5.41) is 0. The molecule has 2 heterocycles. The number of benzene rings is 5. The molecule has 0 bridgehead atoms. The van der Waals surface area contributed by atoms with Crippen molar-refractivity contribution in [3.8, 4) is 11.5 Å². The van der Waals surface area contributed by atoms with Crippen LogP contribution in [0.2, 0.25) is 0 Å². The van der Waals surface area contributed by atoms with Crippen LogP contribution in [-0.4, -0.2) is 0 Å². The van der Waals surface area contributed by atoms with Gasteiger partial charge in [-0.1, -0.05) is 79.7 Å². The van der Waals surface area contributed by atoms with E-state index in [1.54, 1.807) is 12.5 Å². The van der Waals surface area contributed by atoms with E-state index < -0.39 is 0 Å². The first-order valence-electron chi connectivity index (χ1n) is 16.9. The van der Waals surface area contributed by atoms with Crippen molar-refractivity contribution in [3.05, 3.63) is 197 Å². The molecule has 5 aromatic carbocycles. The Morgan fingerprint density at radius 2 is 1.14 bits per heavy atom. The number of aryl methyl sites for hydroxylation is 2. The highest BCUT2D eigenvalue weighted by Gasteiger charge is 2.17. The Kier molecular flexibility index (Phi) is 9.93. The average molecular weight is 658 g/mol. The minimum Gasteiger partial charge on any atom is -0.486 e. The highest BCUT2D eigenvalue weighted by Crippen LogP contribution is 2.39. The minimum atomic E-state index is 0.378. The van der Waals surface area contributed by atoms with Crippen molar-refractivity contribution < 1.29 is 18.3 Å². The Balaban J connectivity index is 1.21. The fourth-order valence-corrected chi connectivity index (χ4v) is 6.09. The summed E-state index contributed by atoms with van der Waals surface area (Å²) in [6, 6.07) is 49.9. The molecular formula is C45H39NO4. The molecule has 0 saturated heterocycles. The zero-order valence-electron chi connectivity index (χ0n) is 28.3. The molecule has 0 saturated carbocycles. The molecule has 0 spiro atoms. The number of rotatable bonds is 13. The average Bonchev–Trinajstić information content (AvgIpc) is 3.90. The maximum atomic E-state index is 5.97. The third kappa shape index (κ3) is 7.58. The Hall–Kier alpha value is -6.20. The quantitative estimate of drug-likeness (QED) is 0.116. The molecule has 248 valence electrons. The van der Waals surface area contributed by atoms with Crippen molar-refractivity contribution in [2.75, 3.05) is 4.90 Å². The first-order valence-corrected chi connectivity index (χ1v) is 16.9. The first kappa shape index (κ1) is 32.4. The van der Waals surface area contributed by atoms with Gasteiger partial charge in [0.05, 0.1) is 18.2 Å². The molecule has 50 heavy (non-hydrogen) atoms. The molecule has 0 aliphatic carbocycles. The largest absolute Gasteiger partial charge is 0.486 e. The molecule has 7 aromatic rings. The van der Waals surface area contributed by atoms with Gasteiger partial charge in [0.25, 0.3) is 0 Å². The van der Waals surface area contributed by atoms with E-state index in [0.717, 1.165) is 63.1 Å². The normalized spacial score (nSPS) is 10.8. The highest BCUT2D eigenvalue weighted by atomic mass is 16.5. The maximum absolute atomic E-state index is 5.97. The third-order valence-electron chi connectivity index (χ3n) is 8.66. The van der Waals surface area contributed by atoms with Crippen molar-refractivity contribution in [1.82, 2.24) is 0 Å². The molecule has 0 radical (unpaired) electrons. The molecule has 0 aliphatic rings. The number of para-hydroxylation sites is 2. The van der Waals surface area contributed by atoms with E-state index in [4.69, 9.17) is 18.3 Å². The lowest BCUT2D eigenvalue weighted by molar-refractivity contribution is 0.270. The summed E-state index contributed by atoms with van der Waals surface area (Å²) in [5.74, 6) is 3.12. The summed E-state index contributed by atoms with van der Waals surface area (Å²) in [5.41, 5.74) is 10.3. The van der Waals surface area contributed by atoms with Crippen molar-refractivity contribution in [2.24, 2.45) is 0 Å². The second kappa shape index (κ2) is 15.3. The van der Waals surface area contributed by atoms with Gasteiger partial charge >= 0.3 is 0 Å². The van der Waals surface area contributed by atoms with Crippen molar-refractivity contribution >= 4 is 28.7 Å². The van der Waals surface area contributed by atoms with Gasteiger partial charge in [0.2, 0.25) is 0 Å². The monoisotopic (exact) mass is 657 g/mol. The maximum Gasteiger partial charge on any atom is 0.146 e. The molecule has 0 fully saturated rings. The van der Waals surface area contributed by atoms with Crippen LogP contribution < -0.4 is 14.4 Å². The second-order valence-electron chi connectivity index (χ2n) is 12.0. The van der Waals surface area contributed by atoms with Crippen molar-refractivity contribution in [3.63, 3.8) is 0 Å². The second-order valence-corrected chi connectivity index (χ2v) is 12.0. The van der Waals surface area contributed by atoms with Crippen LogP contribution in [0.15, 0.2) is 167 Å². The summed E-state index contributed by atoms with van der Waals surface area (Å²) in [4.78, 5) is 2.37. The van der Waals surface area contributed by atoms with Crippen molar-refractivity contribution in [2.45, 2.75) is 33.5 Å². The van der Waals surface area contributed by atoms with Gasteiger partial charge in [0, 0.05) is 11.4 Å². The number of anilines is 3. The molecule has 7 rings (SSSR count). The molecule has 0 aliphatic heterocycles. The standard InChI is InChI=1S/C45H39NO4/c1-3-35-11-7-10-33(2)45(35)46(38-12-5-4-6-13-38)39-22-16-34(17-23-39)30-44(36-18-24-40(25-19-36)49-31-42-14-8-28-47-42)37-20-26-41(27-21-37)50-32-43-15-9-29-48-43/h4-30H,3,31-32H2,1-2H3. The molecule has 0 N–H and O–H groups in total. The summed E-state index contributed by atoms with van der Waals surface area (Å²) < 4.78 is 22.8. The topological polar surface area (TPSA) is 48.0 Å². The van der Waals surface area contributed by atoms with E-state index in [1.807, 2.05) is 48.5 Å². The van der Waals surface area contributed by atoms with Crippen LogP contribution in [-0.2, 0) is 19.6 Å². The SMILES string of the molecule is CCc1cccc(C)c1N(c1ccccc1)c1ccc(C=C(c2ccc(OCc3ccco3)cc2)c2ccc(OCc3ccco3)cc2)cc1. The lowest BCUT2D eigenvalue weighted by Crippen LogP contribution is -2.13. The van der Waals surface area contributed by atoms with E-state index >= 15 is 0 Å². The number of ether oxygens (including phenoxy) is 2. The number of hydrogen-bond donors (Lipinski definition) is 0. The van der Waals surface area contributed by atoms with Crippen molar-refractivity contribution in [1.29, 1.82) is 0 Å². The summed E-state index contributed by atoms with van der Waals surface area (Å²) >= 11 is 0. The van der Waals surface area contributed by atoms with E-state index in [2.05, 4.69) is 122 Å². The van der Waals surface area contributed by atoms with Gasteiger partial charge in [-0.15, -0.1) is 0 Å². The molecule has 2 aromatic heterocycles. The van der Waals surface area contributed by atoms with Crippen LogP contribution in [0, 0.1) is 6.92 Å². The molecule has 0 amide bonds. The Morgan fingerprint density at radius 1 is 0.580 bits per heavy atom. The first-order chi connectivity index (χ1) is 24.6. The minimum absolute atomic E-state index is 0.378. The molecular weight excluding hydrogens is 618 g/mol. The van der Waals surface area contributed by atoms with Gasteiger partial charge in [-0.2, -0.15) is 0 Å². The summed E-state index contributed by atoms with van der Waals surface area (Å²) in [6.45, 7) is 5.16. The Labute approximate surface area is 293 Å². The van der Waals surface area contributed by atoms with Crippen LogP contribution >= 0.6 is 0 Å². The third-order valence-corrected chi connectivity index (χ3v) is 8.66. The molecule has 0 unspecified atom stereocenters. The van der Waals surface area contributed by atoms with Crippen LogP contribution in [0.4, 0.5) is 17.1 Å². The summed E-state index contributed by atoms with van der Waals surface area (Å²) in [6.07, 6.45) is 6.50. The Bertz CT molecular complexity index is 2030. The van der Waals surface area contributed by atoms with Crippen LogP contribution in [0.1, 0.15) is 46.3 Å². The van der Waals surface area contributed by atoms with Gasteiger partial charge in [-0.25, -0.2) is 0 Å².